The molecular weight excluding hydrogens is 376 g/mol. The molecule has 1 aliphatic rings. The first kappa shape index (κ1) is 18.6. The largest absolute Gasteiger partial charge is 0.361 e. The van der Waals surface area contributed by atoms with Crippen molar-refractivity contribution in [3.63, 3.8) is 0 Å². The average molecular weight is 400 g/mol. The number of H-pyrrole nitrogens is 1. The third kappa shape index (κ3) is 3.18. The summed E-state index contributed by atoms with van der Waals surface area (Å²) in [6, 6.07) is 12.4. The van der Waals surface area contributed by atoms with Crippen LogP contribution in [0.4, 0.5) is 5.69 Å². The second kappa shape index (κ2) is 7.13. The van der Waals surface area contributed by atoms with Crippen LogP contribution in [0.2, 0.25) is 0 Å². The fourth-order valence-corrected chi connectivity index (χ4v) is 4.64. The van der Waals surface area contributed by atoms with E-state index < -0.39 is 0 Å². The molecule has 6 nitrogen and oxygen atoms in total. The lowest BCUT2D eigenvalue weighted by Gasteiger charge is -2.22. The third-order valence-electron chi connectivity index (χ3n) is 5.90. The van der Waals surface area contributed by atoms with Crippen LogP contribution in [0.5, 0.6) is 0 Å². The van der Waals surface area contributed by atoms with Gasteiger partial charge in [-0.1, -0.05) is 41.1 Å². The number of carbonyl (C=O) groups excluding carboxylic acids is 1. The SMILES string of the molecule is Cc1cc(C)c(N2CC(c3noc(Cc4c[nH]c5ccccc45)n3)CC2=O)c(C)c1. The standard InChI is InChI=1S/C24H24N4O2/c1-14-8-15(2)23(16(3)9-14)28-13-18(11-22(28)29)24-26-21(30-27-24)10-17-12-25-20-7-5-4-6-19(17)20/h4-9,12,18,25H,10-11,13H2,1-3H3. The molecule has 6 heteroatoms. The number of amides is 1. The van der Waals surface area contributed by atoms with Crippen LogP contribution in [0.15, 0.2) is 47.1 Å². The molecule has 30 heavy (non-hydrogen) atoms. The highest BCUT2D eigenvalue weighted by Gasteiger charge is 2.35. The second-order valence-corrected chi connectivity index (χ2v) is 8.24. The first-order chi connectivity index (χ1) is 14.5. The minimum Gasteiger partial charge on any atom is -0.361 e. The van der Waals surface area contributed by atoms with Crippen LogP contribution in [0.1, 0.15) is 46.3 Å². The third-order valence-corrected chi connectivity index (χ3v) is 5.90. The minimum atomic E-state index is -0.0573. The first-order valence-electron chi connectivity index (χ1n) is 10.3. The van der Waals surface area contributed by atoms with E-state index in [1.54, 1.807) is 0 Å². The van der Waals surface area contributed by atoms with Gasteiger partial charge in [0.15, 0.2) is 5.82 Å². The molecule has 1 amide bonds. The number of para-hydroxylation sites is 1. The number of aromatic nitrogens is 3. The molecule has 2 aromatic heterocycles. The monoisotopic (exact) mass is 400 g/mol. The number of rotatable bonds is 4. The van der Waals surface area contributed by atoms with Gasteiger partial charge >= 0.3 is 0 Å². The summed E-state index contributed by atoms with van der Waals surface area (Å²) in [7, 11) is 0. The summed E-state index contributed by atoms with van der Waals surface area (Å²) in [5, 5.41) is 5.36. The number of nitrogens with zero attached hydrogens (tertiary/aromatic N) is 3. The van der Waals surface area contributed by atoms with E-state index in [1.807, 2.05) is 29.3 Å². The maximum absolute atomic E-state index is 12.8. The molecule has 2 aromatic carbocycles. The van der Waals surface area contributed by atoms with Gasteiger partial charge in [-0.3, -0.25) is 4.79 Å². The first-order valence-corrected chi connectivity index (χ1v) is 10.3. The van der Waals surface area contributed by atoms with Crippen LogP contribution in [0, 0.1) is 20.8 Å². The zero-order valence-corrected chi connectivity index (χ0v) is 17.4. The maximum atomic E-state index is 12.8. The van der Waals surface area contributed by atoms with Crippen molar-refractivity contribution in [3.8, 4) is 0 Å². The fraction of sp³-hybridized carbons (Fsp3) is 0.292. The molecule has 0 radical (unpaired) electrons. The molecule has 0 spiro atoms. The zero-order chi connectivity index (χ0) is 20.8. The lowest BCUT2D eigenvalue weighted by atomic mass is 10.0. The number of carbonyl (C=O) groups is 1. The van der Waals surface area contributed by atoms with Crippen molar-refractivity contribution in [1.29, 1.82) is 0 Å². The van der Waals surface area contributed by atoms with Gasteiger partial charge in [0, 0.05) is 41.7 Å². The Balaban J connectivity index is 1.36. The van der Waals surface area contributed by atoms with Gasteiger partial charge in [0.05, 0.1) is 6.42 Å². The minimum absolute atomic E-state index is 0.0573. The van der Waals surface area contributed by atoms with Crippen molar-refractivity contribution >= 4 is 22.5 Å². The lowest BCUT2D eigenvalue weighted by molar-refractivity contribution is -0.117. The number of anilines is 1. The Morgan fingerprint density at radius 3 is 2.73 bits per heavy atom. The zero-order valence-electron chi connectivity index (χ0n) is 17.4. The Bertz CT molecular complexity index is 1230. The van der Waals surface area contributed by atoms with Crippen LogP contribution in [0.3, 0.4) is 0 Å². The molecule has 1 aliphatic heterocycles. The Hall–Kier alpha value is -3.41. The lowest BCUT2D eigenvalue weighted by Crippen LogP contribution is -2.26. The van der Waals surface area contributed by atoms with Crippen LogP contribution in [-0.4, -0.2) is 27.6 Å². The predicted molar refractivity (Wildman–Crippen MR) is 116 cm³/mol. The number of aryl methyl sites for hydroxylation is 3. The molecule has 0 bridgehead atoms. The van der Waals surface area contributed by atoms with E-state index in [0.29, 0.717) is 31.1 Å². The Labute approximate surface area is 174 Å². The van der Waals surface area contributed by atoms with Gasteiger partial charge < -0.3 is 14.4 Å². The molecule has 1 N–H and O–H groups in total. The van der Waals surface area contributed by atoms with Crippen molar-refractivity contribution in [1.82, 2.24) is 15.1 Å². The van der Waals surface area contributed by atoms with Crippen LogP contribution < -0.4 is 4.90 Å². The van der Waals surface area contributed by atoms with Crippen molar-refractivity contribution < 1.29 is 9.32 Å². The van der Waals surface area contributed by atoms with Gasteiger partial charge in [-0.25, -0.2) is 0 Å². The fourth-order valence-electron chi connectivity index (χ4n) is 4.64. The summed E-state index contributed by atoms with van der Waals surface area (Å²) in [5.41, 5.74) is 6.67. The summed E-state index contributed by atoms with van der Waals surface area (Å²) in [5.74, 6) is 1.24. The Morgan fingerprint density at radius 2 is 1.93 bits per heavy atom. The molecule has 1 fully saturated rings. The van der Waals surface area contributed by atoms with Crippen molar-refractivity contribution in [2.75, 3.05) is 11.4 Å². The normalized spacial score (nSPS) is 16.7. The van der Waals surface area contributed by atoms with E-state index >= 15 is 0 Å². The molecule has 1 atom stereocenters. The van der Waals surface area contributed by atoms with E-state index in [4.69, 9.17) is 4.52 Å². The van der Waals surface area contributed by atoms with E-state index in [2.05, 4.69) is 54.1 Å². The smallest absolute Gasteiger partial charge is 0.231 e. The van der Waals surface area contributed by atoms with Crippen molar-refractivity contribution in [2.24, 2.45) is 0 Å². The van der Waals surface area contributed by atoms with E-state index in [0.717, 1.165) is 33.3 Å². The number of hydrogen-bond acceptors (Lipinski definition) is 4. The summed E-state index contributed by atoms with van der Waals surface area (Å²) in [6.45, 7) is 6.77. The molecule has 4 aromatic rings. The molecule has 5 rings (SSSR count). The predicted octanol–water partition coefficient (Wildman–Crippen LogP) is 4.59. The molecule has 1 unspecified atom stereocenters. The second-order valence-electron chi connectivity index (χ2n) is 8.24. The van der Waals surface area contributed by atoms with Gasteiger partial charge in [0.1, 0.15) is 0 Å². The van der Waals surface area contributed by atoms with E-state index in [9.17, 15) is 4.79 Å². The molecule has 1 saturated heterocycles. The highest BCUT2D eigenvalue weighted by molar-refractivity contribution is 5.97. The average Bonchev–Trinajstić information content (AvgIpc) is 3.42. The molecular formula is C24H24N4O2. The summed E-state index contributed by atoms with van der Waals surface area (Å²) >= 11 is 0. The number of aromatic amines is 1. The Morgan fingerprint density at radius 1 is 1.17 bits per heavy atom. The topological polar surface area (TPSA) is 75.0 Å². The maximum Gasteiger partial charge on any atom is 0.231 e. The van der Waals surface area contributed by atoms with E-state index in [-0.39, 0.29) is 11.8 Å². The van der Waals surface area contributed by atoms with Gasteiger partial charge in [-0.15, -0.1) is 0 Å². The van der Waals surface area contributed by atoms with Gasteiger partial charge in [-0.05, 0) is 43.5 Å². The number of fused-ring (bicyclic) bond motifs is 1. The van der Waals surface area contributed by atoms with Gasteiger partial charge in [0.25, 0.3) is 0 Å². The number of hydrogen-bond donors (Lipinski definition) is 1. The molecule has 152 valence electrons. The molecule has 0 saturated carbocycles. The quantitative estimate of drug-likeness (QED) is 0.544. The van der Waals surface area contributed by atoms with Crippen molar-refractivity contribution in [3.05, 3.63) is 76.6 Å². The van der Waals surface area contributed by atoms with Gasteiger partial charge in [0.2, 0.25) is 11.8 Å². The van der Waals surface area contributed by atoms with Crippen LogP contribution in [-0.2, 0) is 11.2 Å². The van der Waals surface area contributed by atoms with E-state index in [1.165, 1.54) is 5.56 Å². The van der Waals surface area contributed by atoms with Gasteiger partial charge in [-0.2, -0.15) is 4.98 Å². The summed E-state index contributed by atoms with van der Waals surface area (Å²) in [4.78, 5) is 22.6. The highest BCUT2D eigenvalue weighted by atomic mass is 16.5. The summed E-state index contributed by atoms with van der Waals surface area (Å²) < 4.78 is 5.53. The highest BCUT2D eigenvalue weighted by Crippen LogP contribution is 2.35. The molecule has 0 aliphatic carbocycles. The summed E-state index contributed by atoms with van der Waals surface area (Å²) in [6.07, 6.45) is 2.95. The molecule has 3 heterocycles. The number of nitrogens with one attached hydrogen (secondary N) is 1. The van der Waals surface area contributed by atoms with Crippen LogP contribution in [0.25, 0.3) is 10.9 Å². The van der Waals surface area contributed by atoms with Crippen molar-refractivity contribution in [2.45, 2.75) is 39.5 Å². The Kier molecular flexibility index (Phi) is 4.42. The number of benzene rings is 2. The van der Waals surface area contributed by atoms with Crippen LogP contribution >= 0.6 is 0 Å².